The third-order valence-corrected chi connectivity index (χ3v) is 2.13. The molecular weight excluding hydrogens is 236 g/mol. The lowest BCUT2D eigenvalue weighted by molar-refractivity contribution is -0.149. The molecule has 15 heavy (non-hydrogen) atoms. The second-order valence-corrected chi connectivity index (χ2v) is 3.32. The molecule has 4 N–H and O–H groups in total. The van der Waals surface area contributed by atoms with Crippen LogP contribution in [0.4, 0.5) is 23.2 Å². The van der Waals surface area contributed by atoms with Crippen molar-refractivity contribution in [2.75, 3.05) is 5.73 Å². The maximum atomic E-state index is 13.0. The number of rotatable bonds is 1. The van der Waals surface area contributed by atoms with Gasteiger partial charge in [0.05, 0.1) is 10.7 Å². The molecular formula is C8H7ClF4N2. The van der Waals surface area contributed by atoms with Gasteiger partial charge in [-0.15, -0.1) is 0 Å². The Morgan fingerprint density at radius 1 is 1.27 bits per heavy atom. The Balaban J connectivity index is 3.17. The molecule has 1 aromatic carbocycles. The highest BCUT2D eigenvalue weighted by Gasteiger charge is 2.38. The van der Waals surface area contributed by atoms with Gasteiger partial charge in [0.25, 0.3) is 0 Å². The van der Waals surface area contributed by atoms with Gasteiger partial charge in [0.15, 0.2) is 0 Å². The molecule has 0 unspecified atom stereocenters. The fraction of sp³-hybridized carbons (Fsp3) is 0.250. The van der Waals surface area contributed by atoms with E-state index in [4.69, 9.17) is 23.1 Å². The fourth-order valence-corrected chi connectivity index (χ4v) is 1.19. The highest BCUT2D eigenvalue weighted by molar-refractivity contribution is 6.33. The molecule has 0 radical (unpaired) electrons. The molecule has 0 saturated carbocycles. The first-order valence-corrected chi connectivity index (χ1v) is 4.18. The number of hydrogen-bond donors (Lipinski definition) is 2. The Labute approximate surface area is 87.8 Å². The summed E-state index contributed by atoms with van der Waals surface area (Å²) in [4.78, 5) is 0. The zero-order valence-electron chi connectivity index (χ0n) is 7.28. The summed E-state index contributed by atoms with van der Waals surface area (Å²) in [7, 11) is 0. The molecule has 1 atom stereocenters. The number of alkyl halides is 3. The van der Waals surface area contributed by atoms with Crippen molar-refractivity contribution in [2.45, 2.75) is 12.2 Å². The average Bonchev–Trinajstić information content (AvgIpc) is 2.10. The van der Waals surface area contributed by atoms with Crippen LogP contribution in [0.15, 0.2) is 12.1 Å². The molecule has 7 heteroatoms. The van der Waals surface area contributed by atoms with Gasteiger partial charge in [0.1, 0.15) is 11.9 Å². The van der Waals surface area contributed by atoms with Gasteiger partial charge in [-0.1, -0.05) is 11.6 Å². The highest BCUT2D eigenvalue weighted by Crippen LogP contribution is 2.34. The van der Waals surface area contributed by atoms with E-state index in [-0.39, 0.29) is 5.02 Å². The van der Waals surface area contributed by atoms with Gasteiger partial charge in [-0.2, -0.15) is 13.2 Å². The van der Waals surface area contributed by atoms with Gasteiger partial charge in [-0.3, -0.25) is 0 Å². The maximum Gasteiger partial charge on any atom is 0.407 e. The van der Waals surface area contributed by atoms with Gasteiger partial charge >= 0.3 is 6.18 Å². The van der Waals surface area contributed by atoms with Gasteiger partial charge in [0, 0.05) is 0 Å². The molecule has 0 bridgehead atoms. The molecule has 0 amide bonds. The zero-order valence-corrected chi connectivity index (χ0v) is 8.03. The van der Waals surface area contributed by atoms with Gasteiger partial charge in [0.2, 0.25) is 0 Å². The van der Waals surface area contributed by atoms with Gasteiger partial charge in [-0.05, 0) is 17.7 Å². The van der Waals surface area contributed by atoms with Crippen LogP contribution in [0.1, 0.15) is 11.6 Å². The van der Waals surface area contributed by atoms with Crippen molar-refractivity contribution in [2.24, 2.45) is 5.73 Å². The van der Waals surface area contributed by atoms with Crippen LogP contribution in [-0.4, -0.2) is 6.18 Å². The first-order valence-electron chi connectivity index (χ1n) is 3.80. The largest absolute Gasteiger partial charge is 0.407 e. The Hall–Kier alpha value is -1.01. The highest BCUT2D eigenvalue weighted by atomic mass is 35.5. The van der Waals surface area contributed by atoms with Crippen LogP contribution in [0.5, 0.6) is 0 Å². The zero-order chi connectivity index (χ0) is 11.8. The van der Waals surface area contributed by atoms with Crippen molar-refractivity contribution in [1.82, 2.24) is 0 Å². The first kappa shape index (κ1) is 12.1. The van der Waals surface area contributed by atoms with Crippen molar-refractivity contribution in [3.8, 4) is 0 Å². The summed E-state index contributed by atoms with van der Waals surface area (Å²) in [6.45, 7) is 0. The van der Waals surface area contributed by atoms with Crippen LogP contribution in [0.3, 0.4) is 0 Å². The van der Waals surface area contributed by atoms with Crippen molar-refractivity contribution in [3.05, 3.63) is 28.5 Å². The maximum absolute atomic E-state index is 13.0. The topological polar surface area (TPSA) is 52.0 Å². The van der Waals surface area contributed by atoms with E-state index in [0.717, 1.165) is 6.07 Å². The lowest BCUT2D eigenvalue weighted by Crippen LogP contribution is -2.28. The summed E-state index contributed by atoms with van der Waals surface area (Å²) in [6.07, 6.45) is -4.65. The normalized spacial score (nSPS) is 14.0. The Bertz CT molecular complexity index is 354. The van der Waals surface area contributed by atoms with Crippen molar-refractivity contribution >= 4 is 17.3 Å². The third kappa shape index (κ3) is 2.51. The van der Waals surface area contributed by atoms with Crippen molar-refractivity contribution < 1.29 is 17.6 Å². The molecule has 0 saturated heterocycles. The predicted molar refractivity (Wildman–Crippen MR) is 48.8 cm³/mol. The molecule has 0 aliphatic heterocycles. The molecule has 0 spiro atoms. The SMILES string of the molecule is Nc1c(F)cc([C@H](N)C(F)(F)F)cc1Cl. The first-order chi connectivity index (χ1) is 6.73. The number of anilines is 1. The summed E-state index contributed by atoms with van der Waals surface area (Å²) < 4.78 is 49.5. The molecule has 1 rings (SSSR count). The summed E-state index contributed by atoms with van der Waals surface area (Å²) in [5.41, 5.74) is 9.15. The molecule has 1 aromatic rings. The van der Waals surface area contributed by atoms with Crippen LogP contribution in [0.2, 0.25) is 5.02 Å². The predicted octanol–water partition coefficient (Wildman–Crippen LogP) is 2.62. The lowest BCUT2D eigenvalue weighted by Gasteiger charge is -2.16. The van der Waals surface area contributed by atoms with E-state index in [9.17, 15) is 17.6 Å². The molecule has 84 valence electrons. The van der Waals surface area contributed by atoms with Crippen LogP contribution >= 0.6 is 11.6 Å². The summed E-state index contributed by atoms with van der Waals surface area (Å²) >= 11 is 5.43. The average molecular weight is 243 g/mol. The number of hydrogen-bond acceptors (Lipinski definition) is 2. The molecule has 0 heterocycles. The van der Waals surface area contributed by atoms with E-state index in [0.29, 0.717) is 6.07 Å². The van der Waals surface area contributed by atoms with E-state index in [1.807, 2.05) is 0 Å². The fourth-order valence-electron chi connectivity index (χ4n) is 0.972. The van der Waals surface area contributed by atoms with Crippen LogP contribution in [0.25, 0.3) is 0 Å². The quantitative estimate of drug-likeness (QED) is 0.588. The second kappa shape index (κ2) is 3.86. The van der Waals surface area contributed by atoms with E-state index >= 15 is 0 Å². The van der Waals surface area contributed by atoms with E-state index < -0.39 is 29.3 Å². The summed E-state index contributed by atoms with van der Waals surface area (Å²) in [5.74, 6) is -1.02. The smallest absolute Gasteiger partial charge is 0.395 e. The second-order valence-electron chi connectivity index (χ2n) is 2.92. The molecule has 2 nitrogen and oxygen atoms in total. The van der Waals surface area contributed by atoms with Gasteiger partial charge in [-0.25, -0.2) is 4.39 Å². The lowest BCUT2D eigenvalue weighted by atomic mass is 10.1. The number of halogens is 5. The molecule has 0 aromatic heterocycles. The number of nitrogens with two attached hydrogens (primary N) is 2. The van der Waals surface area contributed by atoms with Crippen molar-refractivity contribution in [1.29, 1.82) is 0 Å². The van der Waals surface area contributed by atoms with Gasteiger partial charge < -0.3 is 11.5 Å². The Morgan fingerprint density at radius 3 is 2.20 bits per heavy atom. The molecule has 0 aliphatic rings. The monoisotopic (exact) mass is 242 g/mol. The van der Waals surface area contributed by atoms with Crippen LogP contribution in [-0.2, 0) is 0 Å². The minimum atomic E-state index is -4.65. The van der Waals surface area contributed by atoms with Crippen molar-refractivity contribution in [3.63, 3.8) is 0 Å². The van der Waals surface area contributed by atoms with E-state index in [1.54, 1.807) is 0 Å². The third-order valence-electron chi connectivity index (χ3n) is 1.81. The Morgan fingerprint density at radius 2 is 1.80 bits per heavy atom. The Kier molecular flexibility index (Phi) is 3.11. The van der Waals surface area contributed by atoms with E-state index in [1.165, 1.54) is 0 Å². The minimum absolute atomic E-state index is 0.287. The van der Waals surface area contributed by atoms with E-state index in [2.05, 4.69) is 0 Å². The molecule has 0 aliphatic carbocycles. The minimum Gasteiger partial charge on any atom is -0.395 e. The van der Waals surface area contributed by atoms with Crippen LogP contribution in [0, 0.1) is 5.82 Å². The number of nitrogen functional groups attached to an aromatic ring is 1. The number of benzene rings is 1. The summed E-state index contributed by atoms with van der Waals surface area (Å²) in [5, 5.41) is -0.287. The van der Waals surface area contributed by atoms with Crippen LogP contribution < -0.4 is 11.5 Å². The standard InChI is InChI=1S/C8H7ClF4N2/c9-4-1-3(2-5(10)6(4)14)7(15)8(11,12)13/h1-2,7H,14-15H2/t7-/m0/s1. The summed E-state index contributed by atoms with van der Waals surface area (Å²) in [6, 6.07) is -0.748. The molecule has 0 fully saturated rings.